The Hall–Kier alpha value is 0.270. The Labute approximate surface area is 130 Å². The number of nitrogens with zero attached hydrogens (tertiary/aromatic N) is 1. The maximum Gasteiger partial charge on any atom is 0.0309 e. The van der Waals surface area contributed by atoms with E-state index in [-0.39, 0.29) is 0 Å². The molecule has 1 saturated carbocycles. The second kappa shape index (κ2) is 7.51. The molecule has 2 unspecified atom stereocenters. The summed E-state index contributed by atoms with van der Waals surface area (Å²) in [5, 5.41) is 3.88. The van der Waals surface area contributed by atoms with Gasteiger partial charge in [0.1, 0.15) is 0 Å². The predicted octanol–water partition coefficient (Wildman–Crippen LogP) is 3.62. The third kappa shape index (κ3) is 4.38. The number of thioether (sulfide) groups is 1. The van der Waals surface area contributed by atoms with E-state index in [9.17, 15) is 0 Å². The van der Waals surface area contributed by atoms with E-state index < -0.39 is 0 Å². The number of unbranched alkanes of at least 4 members (excludes halogenated alkanes) is 2. The molecule has 1 heterocycles. The van der Waals surface area contributed by atoms with E-state index in [1.54, 1.807) is 0 Å². The fourth-order valence-corrected chi connectivity index (χ4v) is 4.19. The van der Waals surface area contributed by atoms with Crippen molar-refractivity contribution < 1.29 is 0 Å². The van der Waals surface area contributed by atoms with Crippen molar-refractivity contribution in [2.45, 2.75) is 64.5 Å². The monoisotopic (exact) mass is 298 g/mol. The van der Waals surface area contributed by atoms with Gasteiger partial charge in [-0.15, -0.1) is 0 Å². The van der Waals surface area contributed by atoms with Crippen LogP contribution in [-0.2, 0) is 0 Å². The molecule has 0 aromatic carbocycles. The largest absolute Gasteiger partial charge is 0.308 e. The van der Waals surface area contributed by atoms with Crippen LogP contribution in [0.2, 0.25) is 0 Å². The molecule has 2 fully saturated rings. The molecular weight excluding hydrogens is 264 g/mol. The molecule has 0 aromatic rings. The summed E-state index contributed by atoms with van der Waals surface area (Å²) < 4.78 is 0. The zero-order chi connectivity index (χ0) is 14.6. The fraction of sp³-hybridized carbons (Fsp3) is 1.00. The molecule has 0 amide bonds. The lowest BCUT2D eigenvalue weighted by atomic mass is 9.88. The zero-order valence-corrected chi connectivity index (χ0v) is 14.8. The van der Waals surface area contributed by atoms with Crippen LogP contribution < -0.4 is 5.32 Å². The molecular formula is C17H34N2S. The lowest BCUT2D eigenvalue weighted by Gasteiger charge is -2.48. The first kappa shape index (κ1) is 16.6. The normalized spacial score (nSPS) is 31.9. The smallest absolute Gasteiger partial charge is 0.0309 e. The summed E-state index contributed by atoms with van der Waals surface area (Å²) in [6.07, 6.45) is 9.26. The summed E-state index contributed by atoms with van der Waals surface area (Å²) in [5.74, 6) is 3.03. The van der Waals surface area contributed by atoms with Gasteiger partial charge in [0.15, 0.2) is 0 Å². The van der Waals surface area contributed by atoms with Gasteiger partial charge in [-0.1, -0.05) is 20.3 Å². The lowest BCUT2D eigenvalue weighted by Crippen LogP contribution is -2.65. The third-order valence-electron chi connectivity index (χ3n) is 5.26. The minimum atomic E-state index is 0.394. The number of nitrogens with one attached hydrogen (secondary N) is 1. The van der Waals surface area contributed by atoms with Crippen LogP contribution in [0, 0.1) is 11.8 Å². The Balaban J connectivity index is 1.83. The Bertz CT molecular complexity index is 291. The second-order valence-corrected chi connectivity index (χ2v) is 8.39. The van der Waals surface area contributed by atoms with Crippen LogP contribution in [0.15, 0.2) is 0 Å². The summed E-state index contributed by atoms with van der Waals surface area (Å²) >= 11 is 1.98. The molecule has 0 radical (unpaired) electrons. The van der Waals surface area contributed by atoms with E-state index in [1.807, 2.05) is 11.8 Å². The van der Waals surface area contributed by atoms with E-state index in [1.165, 1.54) is 57.5 Å². The molecule has 0 bridgehead atoms. The van der Waals surface area contributed by atoms with Crippen molar-refractivity contribution in [1.29, 1.82) is 0 Å². The van der Waals surface area contributed by atoms with Crippen LogP contribution in [0.25, 0.3) is 0 Å². The quantitative estimate of drug-likeness (QED) is 0.689. The molecule has 0 aromatic heterocycles. The first-order valence-corrected chi connectivity index (χ1v) is 9.94. The van der Waals surface area contributed by atoms with E-state index in [2.05, 4.69) is 37.2 Å². The average Bonchev–Trinajstić information content (AvgIpc) is 3.23. The first-order chi connectivity index (χ1) is 9.57. The van der Waals surface area contributed by atoms with Crippen molar-refractivity contribution in [1.82, 2.24) is 10.2 Å². The lowest BCUT2D eigenvalue weighted by molar-refractivity contribution is 0.0512. The van der Waals surface area contributed by atoms with Gasteiger partial charge in [0.05, 0.1) is 0 Å². The van der Waals surface area contributed by atoms with Crippen molar-refractivity contribution in [2.24, 2.45) is 11.8 Å². The van der Waals surface area contributed by atoms with Crippen molar-refractivity contribution in [3.63, 3.8) is 0 Å². The van der Waals surface area contributed by atoms with Gasteiger partial charge < -0.3 is 5.32 Å². The van der Waals surface area contributed by atoms with Crippen LogP contribution in [0.4, 0.5) is 0 Å². The SMILES string of the molecule is CSCCCCCN1CC(C)(C2CC2)NCC1C(C)C. The molecule has 2 atom stereocenters. The molecule has 2 nitrogen and oxygen atoms in total. The molecule has 2 rings (SSSR count). The van der Waals surface area contributed by atoms with Crippen molar-refractivity contribution in [3.05, 3.63) is 0 Å². The Morgan fingerprint density at radius 2 is 2.00 bits per heavy atom. The van der Waals surface area contributed by atoms with Gasteiger partial charge in [-0.05, 0) is 63.0 Å². The molecule has 20 heavy (non-hydrogen) atoms. The van der Waals surface area contributed by atoms with Gasteiger partial charge in [-0.3, -0.25) is 4.90 Å². The van der Waals surface area contributed by atoms with Gasteiger partial charge in [-0.25, -0.2) is 0 Å². The van der Waals surface area contributed by atoms with E-state index in [0.29, 0.717) is 5.54 Å². The molecule has 1 saturated heterocycles. The number of rotatable bonds is 8. The number of hydrogen-bond acceptors (Lipinski definition) is 3. The summed E-state index contributed by atoms with van der Waals surface area (Å²) in [7, 11) is 0. The maximum atomic E-state index is 3.88. The molecule has 118 valence electrons. The van der Waals surface area contributed by atoms with Crippen molar-refractivity contribution >= 4 is 11.8 Å². The molecule has 0 spiro atoms. The van der Waals surface area contributed by atoms with Crippen LogP contribution in [0.1, 0.15) is 52.9 Å². The standard InChI is InChI=1S/C17H34N2S/c1-14(2)16-12-18-17(3,15-8-9-15)13-19(16)10-6-5-7-11-20-4/h14-16,18H,5-13H2,1-4H3. The molecule has 3 heteroatoms. The average molecular weight is 299 g/mol. The molecule has 2 aliphatic rings. The minimum absolute atomic E-state index is 0.394. The summed E-state index contributed by atoms with van der Waals surface area (Å²) in [6.45, 7) is 11.0. The Morgan fingerprint density at radius 1 is 1.25 bits per heavy atom. The highest BCUT2D eigenvalue weighted by Crippen LogP contribution is 2.41. The zero-order valence-electron chi connectivity index (χ0n) is 14.0. The Kier molecular flexibility index (Phi) is 6.25. The summed E-state index contributed by atoms with van der Waals surface area (Å²) in [5.41, 5.74) is 0.394. The van der Waals surface area contributed by atoms with Crippen LogP contribution in [-0.4, -0.2) is 48.1 Å². The highest BCUT2D eigenvalue weighted by molar-refractivity contribution is 7.98. The highest BCUT2D eigenvalue weighted by Gasteiger charge is 2.46. The maximum absolute atomic E-state index is 3.88. The van der Waals surface area contributed by atoms with Crippen molar-refractivity contribution in [2.75, 3.05) is 31.6 Å². The molecule has 1 N–H and O–H groups in total. The third-order valence-corrected chi connectivity index (χ3v) is 5.95. The summed E-state index contributed by atoms with van der Waals surface area (Å²) in [4.78, 5) is 2.80. The van der Waals surface area contributed by atoms with Gasteiger partial charge >= 0.3 is 0 Å². The molecule has 1 aliphatic heterocycles. The minimum Gasteiger partial charge on any atom is -0.308 e. The van der Waals surface area contributed by atoms with Crippen LogP contribution in [0.5, 0.6) is 0 Å². The second-order valence-electron chi connectivity index (χ2n) is 7.41. The fourth-order valence-electron chi connectivity index (χ4n) is 3.70. The Morgan fingerprint density at radius 3 is 2.60 bits per heavy atom. The van der Waals surface area contributed by atoms with Crippen LogP contribution >= 0.6 is 11.8 Å². The predicted molar refractivity (Wildman–Crippen MR) is 91.6 cm³/mol. The van der Waals surface area contributed by atoms with Gasteiger partial charge in [-0.2, -0.15) is 11.8 Å². The topological polar surface area (TPSA) is 15.3 Å². The van der Waals surface area contributed by atoms with Gasteiger partial charge in [0.25, 0.3) is 0 Å². The molecule has 1 aliphatic carbocycles. The van der Waals surface area contributed by atoms with Crippen LogP contribution in [0.3, 0.4) is 0 Å². The highest BCUT2D eigenvalue weighted by atomic mass is 32.2. The van der Waals surface area contributed by atoms with E-state index >= 15 is 0 Å². The van der Waals surface area contributed by atoms with E-state index in [0.717, 1.165) is 17.9 Å². The number of piperazine rings is 1. The van der Waals surface area contributed by atoms with Gasteiger partial charge in [0, 0.05) is 24.7 Å². The van der Waals surface area contributed by atoms with Gasteiger partial charge in [0.2, 0.25) is 0 Å². The van der Waals surface area contributed by atoms with E-state index in [4.69, 9.17) is 0 Å². The summed E-state index contributed by atoms with van der Waals surface area (Å²) in [6, 6.07) is 0.738. The number of hydrogen-bond donors (Lipinski definition) is 1. The first-order valence-electron chi connectivity index (χ1n) is 8.55. The van der Waals surface area contributed by atoms with Crippen molar-refractivity contribution in [3.8, 4) is 0 Å².